The van der Waals surface area contributed by atoms with Crippen LogP contribution in [0.25, 0.3) is 10.8 Å². The molecule has 2 rings (SSSR count). The van der Waals surface area contributed by atoms with Crippen LogP contribution in [0.3, 0.4) is 0 Å². The average molecular weight is 570 g/mol. The van der Waals surface area contributed by atoms with Gasteiger partial charge >= 0.3 is 5.97 Å². The monoisotopic (exact) mass is 569 g/mol. The Morgan fingerprint density at radius 1 is 0.927 bits per heavy atom. The van der Waals surface area contributed by atoms with Crippen LogP contribution in [0.15, 0.2) is 30.5 Å². The van der Waals surface area contributed by atoms with Crippen LogP contribution in [-0.2, 0) is 32.0 Å². The molecule has 0 spiro atoms. The number of carbonyl (C=O) groups excluding carboxylic acids is 3. The number of aliphatic carboxylic acids is 1. The highest BCUT2D eigenvalue weighted by Crippen LogP contribution is 2.18. The summed E-state index contributed by atoms with van der Waals surface area (Å²) < 4.78 is 0. The number of hydrogen-bond donors (Lipinski definition) is 5. The van der Waals surface area contributed by atoms with Crippen LogP contribution < -0.4 is 21.7 Å². The Kier molecular flexibility index (Phi) is 14.2. The quantitative estimate of drug-likeness (QED) is 0.172. The van der Waals surface area contributed by atoms with E-state index >= 15 is 0 Å². The Hall–Kier alpha value is -3.53. The highest BCUT2D eigenvalue weighted by Gasteiger charge is 2.26. The lowest BCUT2D eigenvalue weighted by molar-refractivity contribution is -0.138. The third-order valence-corrected chi connectivity index (χ3v) is 7.16. The van der Waals surface area contributed by atoms with Crippen LogP contribution in [0.1, 0.15) is 83.9 Å². The van der Waals surface area contributed by atoms with E-state index in [-0.39, 0.29) is 30.7 Å². The Bertz CT molecular complexity index is 1170. The number of nitrogens with one attached hydrogen (secondary N) is 3. The molecule has 41 heavy (non-hydrogen) atoms. The molecule has 6 N–H and O–H groups in total. The summed E-state index contributed by atoms with van der Waals surface area (Å²) in [5.74, 6) is -2.24. The highest BCUT2D eigenvalue weighted by molar-refractivity contribution is 5.92. The number of unbranched alkanes of at least 4 members (excludes halogenated alkanes) is 3. The summed E-state index contributed by atoms with van der Waals surface area (Å²) in [6.45, 7) is 7.64. The number of carbonyl (C=O) groups is 4. The number of aromatic nitrogens is 1. The molecule has 0 saturated heterocycles. The molecule has 0 fully saturated rings. The van der Waals surface area contributed by atoms with Gasteiger partial charge in [-0.05, 0) is 68.4 Å². The van der Waals surface area contributed by atoms with E-state index in [1.807, 2.05) is 20.0 Å². The lowest BCUT2D eigenvalue weighted by Crippen LogP contribution is -2.54. The van der Waals surface area contributed by atoms with Gasteiger partial charge in [0.2, 0.25) is 17.7 Å². The third kappa shape index (κ3) is 11.9. The topological polar surface area (TPSA) is 164 Å². The molecule has 1 aromatic carbocycles. The Morgan fingerprint density at radius 2 is 1.66 bits per heavy atom. The standard InChI is InChI=1S/C31H47N5O5/c1-5-22-14-15-23-19-34-25(18-24(23)17-22)11-8-6-7-9-13-27(37)36-28(20(2)3)30(39)35-21(4)29(38)33-16-10-12-26(32)31(40)41/h14-15,17-21,26,28H,5-13,16,32H2,1-4H3,(H,33,38)(H,35,39)(H,36,37)(H,40,41). The van der Waals surface area contributed by atoms with Gasteiger partial charge in [-0.15, -0.1) is 0 Å². The molecule has 10 nitrogen and oxygen atoms in total. The van der Waals surface area contributed by atoms with Gasteiger partial charge in [-0.3, -0.25) is 24.2 Å². The van der Waals surface area contributed by atoms with E-state index in [1.165, 1.54) is 10.9 Å². The first kappa shape index (κ1) is 33.7. The van der Waals surface area contributed by atoms with Gasteiger partial charge in [0.05, 0.1) is 0 Å². The van der Waals surface area contributed by atoms with E-state index in [9.17, 15) is 19.2 Å². The summed E-state index contributed by atoms with van der Waals surface area (Å²) in [6.07, 6.45) is 8.45. The largest absolute Gasteiger partial charge is 0.480 e. The minimum absolute atomic E-state index is 0.158. The van der Waals surface area contributed by atoms with E-state index < -0.39 is 30.0 Å². The summed E-state index contributed by atoms with van der Waals surface area (Å²) in [4.78, 5) is 53.0. The van der Waals surface area contributed by atoms with Gasteiger partial charge in [-0.2, -0.15) is 0 Å². The zero-order valence-corrected chi connectivity index (χ0v) is 24.9. The van der Waals surface area contributed by atoms with E-state index in [0.717, 1.165) is 49.6 Å². The van der Waals surface area contributed by atoms with Crippen molar-refractivity contribution in [1.82, 2.24) is 20.9 Å². The zero-order chi connectivity index (χ0) is 30.4. The van der Waals surface area contributed by atoms with Gasteiger partial charge in [0.25, 0.3) is 0 Å². The summed E-state index contributed by atoms with van der Waals surface area (Å²) in [6, 6.07) is 6.13. The average Bonchev–Trinajstić information content (AvgIpc) is 2.94. The molecule has 0 aliphatic rings. The van der Waals surface area contributed by atoms with Crippen LogP contribution in [0, 0.1) is 5.92 Å². The van der Waals surface area contributed by atoms with Gasteiger partial charge in [-0.1, -0.05) is 51.8 Å². The van der Waals surface area contributed by atoms with Crippen LogP contribution in [-0.4, -0.2) is 58.5 Å². The number of hydrogen-bond acceptors (Lipinski definition) is 6. The molecule has 0 aliphatic heterocycles. The molecule has 0 aliphatic carbocycles. The van der Waals surface area contributed by atoms with Crippen molar-refractivity contribution in [1.29, 1.82) is 0 Å². The fraction of sp³-hybridized carbons (Fsp3) is 0.581. The molecule has 3 unspecified atom stereocenters. The first-order valence-corrected chi connectivity index (χ1v) is 14.7. The number of pyridine rings is 1. The Labute approximate surface area is 243 Å². The fourth-order valence-corrected chi connectivity index (χ4v) is 4.50. The minimum atomic E-state index is -1.08. The van der Waals surface area contributed by atoms with Crippen LogP contribution in [0.4, 0.5) is 0 Å². The number of nitrogens with two attached hydrogens (primary N) is 1. The van der Waals surface area contributed by atoms with Gasteiger partial charge in [0.1, 0.15) is 18.1 Å². The molecule has 1 heterocycles. The third-order valence-electron chi connectivity index (χ3n) is 7.16. The first-order chi connectivity index (χ1) is 19.5. The molecule has 226 valence electrons. The van der Waals surface area contributed by atoms with Crippen molar-refractivity contribution in [3.8, 4) is 0 Å². The van der Waals surface area contributed by atoms with E-state index in [0.29, 0.717) is 12.8 Å². The second-order valence-electron chi connectivity index (χ2n) is 11.0. The molecular weight excluding hydrogens is 522 g/mol. The van der Waals surface area contributed by atoms with Crippen molar-refractivity contribution in [3.63, 3.8) is 0 Å². The van der Waals surface area contributed by atoms with E-state index in [1.54, 1.807) is 6.92 Å². The summed E-state index contributed by atoms with van der Waals surface area (Å²) in [5.41, 5.74) is 7.85. The first-order valence-electron chi connectivity index (χ1n) is 14.7. The molecule has 0 radical (unpaired) electrons. The molecule has 0 saturated carbocycles. The van der Waals surface area contributed by atoms with Crippen molar-refractivity contribution in [2.24, 2.45) is 11.7 Å². The van der Waals surface area contributed by atoms with Crippen molar-refractivity contribution >= 4 is 34.5 Å². The predicted octanol–water partition coefficient (Wildman–Crippen LogP) is 3.24. The molecule has 1 aromatic heterocycles. The molecular formula is C31H47N5O5. The predicted molar refractivity (Wildman–Crippen MR) is 160 cm³/mol. The van der Waals surface area contributed by atoms with Crippen molar-refractivity contribution < 1.29 is 24.3 Å². The number of amides is 3. The SMILES string of the molecule is CCc1ccc2cnc(CCCCCCC(=O)NC(C(=O)NC(C)C(=O)NCCCC(N)C(=O)O)C(C)C)cc2c1. The summed E-state index contributed by atoms with van der Waals surface area (Å²) >= 11 is 0. The number of aryl methyl sites for hydroxylation is 2. The number of rotatable bonds is 18. The second kappa shape index (κ2) is 17.3. The zero-order valence-electron chi connectivity index (χ0n) is 24.9. The molecule has 2 aromatic rings. The Morgan fingerprint density at radius 3 is 2.34 bits per heavy atom. The van der Waals surface area contributed by atoms with Gasteiger partial charge in [0.15, 0.2) is 0 Å². The highest BCUT2D eigenvalue weighted by atomic mass is 16.4. The second-order valence-corrected chi connectivity index (χ2v) is 11.0. The summed E-state index contributed by atoms with van der Waals surface area (Å²) in [7, 11) is 0. The van der Waals surface area contributed by atoms with Crippen molar-refractivity contribution in [2.75, 3.05) is 6.54 Å². The maximum atomic E-state index is 12.8. The minimum Gasteiger partial charge on any atom is -0.480 e. The molecule has 3 atom stereocenters. The normalized spacial score (nSPS) is 13.4. The van der Waals surface area contributed by atoms with Gasteiger partial charge in [-0.25, -0.2) is 0 Å². The van der Waals surface area contributed by atoms with Gasteiger partial charge < -0.3 is 26.8 Å². The number of carboxylic acids is 1. The van der Waals surface area contributed by atoms with Gasteiger partial charge in [0, 0.05) is 30.2 Å². The fourth-order valence-electron chi connectivity index (χ4n) is 4.50. The molecule has 3 amide bonds. The summed E-state index contributed by atoms with van der Waals surface area (Å²) in [5, 5.41) is 19.3. The van der Waals surface area contributed by atoms with Crippen molar-refractivity contribution in [2.45, 2.75) is 104 Å². The van der Waals surface area contributed by atoms with Crippen molar-refractivity contribution in [3.05, 3.63) is 41.7 Å². The van der Waals surface area contributed by atoms with E-state index in [4.69, 9.17) is 10.8 Å². The Balaban J connectivity index is 1.68. The lowest BCUT2D eigenvalue weighted by atomic mass is 10.0. The molecule has 0 bridgehead atoms. The van der Waals surface area contributed by atoms with E-state index in [2.05, 4.69) is 52.1 Å². The smallest absolute Gasteiger partial charge is 0.320 e. The number of carboxylic acid groups (broad SMARTS) is 1. The lowest BCUT2D eigenvalue weighted by Gasteiger charge is -2.24. The number of fused-ring (bicyclic) bond motifs is 1. The number of benzene rings is 1. The van der Waals surface area contributed by atoms with Crippen LogP contribution in [0.2, 0.25) is 0 Å². The van der Waals surface area contributed by atoms with Crippen LogP contribution >= 0.6 is 0 Å². The maximum Gasteiger partial charge on any atom is 0.320 e. The maximum absolute atomic E-state index is 12.8. The molecule has 10 heteroatoms. The van der Waals surface area contributed by atoms with Crippen LogP contribution in [0.5, 0.6) is 0 Å². The number of nitrogens with zero attached hydrogens (tertiary/aromatic N) is 1.